The summed E-state index contributed by atoms with van der Waals surface area (Å²) in [4.78, 5) is 21.6. The van der Waals surface area contributed by atoms with Crippen LogP contribution < -0.4 is 5.32 Å². The van der Waals surface area contributed by atoms with Crippen LogP contribution in [0.4, 0.5) is 5.82 Å². The van der Waals surface area contributed by atoms with Gasteiger partial charge in [-0.15, -0.1) is 11.8 Å². The molecule has 7 heteroatoms. The standard InChI is InChI=1S/C21H21N3O2S2/c1-26-20(25)17-18(22-13-15-9-5-3-6-10-15)23-21(27-2)24-19(17)28-14-16-11-7-4-8-12-16/h3-12H,13-14H2,1-2H3,(H,22,23,24). The Kier molecular flexibility index (Phi) is 7.33. The highest BCUT2D eigenvalue weighted by Crippen LogP contribution is 2.31. The van der Waals surface area contributed by atoms with Crippen molar-refractivity contribution in [1.82, 2.24) is 9.97 Å². The molecule has 1 heterocycles. The number of thioether (sulfide) groups is 2. The van der Waals surface area contributed by atoms with Crippen LogP contribution in [-0.2, 0) is 17.0 Å². The van der Waals surface area contributed by atoms with Crippen molar-refractivity contribution < 1.29 is 9.53 Å². The Hall–Kier alpha value is -2.51. The summed E-state index contributed by atoms with van der Waals surface area (Å²) in [5.74, 6) is 0.748. The molecule has 0 radical (unpaired) electrons. The first kappa shape index (κ1) is 20.2. The van der Waals surface area contributed by atoms with E-state index in [1.54, 1.807) is 0 Å². The highest BCUT2D eigenvalue weighted by molar-refractivity contribution is 7.99. The summed E-state index contributed by atoms with van der Waals surface area (Å²) in [5, 5.41) is 4.51. The van der Waals surface area contributed by atoms with Gasteiger partial charge in [0.1, 0.15) is 16.4 Å². The van der Waals surface area contributed by atoms with E-state index in [1.807, 2.05) is 54.8 Å². The van der Waals surface area contributed by atoms with Crippen molar-refractivity contribution in [2.45, 2.75) is 22.5 Å². The minimum atomic E-state index is -0.446. The summed E-state index contributed by atoms with van der Waals surface area (Å²) in [5.41, 5.74) is 2.63. The fourth-order valence-corrected chi connectivity index (χ4v) is 3.93. The molecule has 5 nitrogen and oxygen atoms in total. The predicted octanol–water partition coefficient (Wildman–Crippen LogP) is 4.89. The number of nitrogens with one attached hydrogen (secondary N) is 1. The predicted molar refractivity (Wildman–Crippen MR) is 115 cm³/mol. The third kappa shape index (κ3) is 5.27. The van der Waals surface area contributed by atoms with Gasteiger partial charge in [0.15, 0.2) is 5.16 Å². The number of hydrogen-bond donors (Lipinski definition) is 1. The lowest BCUT2D eigenvalue weighted by atomic mass is 10.2. The van der Waals surface area contributed by atoms with Gasteiger partial charge in [-0.25, -0.2) is 14.8 Å². The quantitative estimate of drug-likeness (QED) is 0.245. The number of benzene rings is 2. The van der Waals surface area contributed by atoms with E-state index in [9.17, 15) is 4.79 Å². The highest BCUT2D eigenvalue weighted by atomic mass is 32.2. The molecule has 0 aliphatic rings. The Morgan fingerprint density at radius 1 is 1.00 bits per heavy atom. The molecular formula is C21H21N3O2S2. The lowest BCUT2D eigenvalue weighted by Gasteiger charge is -2.14. The summed E-state index contributed by atoms with van der Waals surface area (Å²) < 4.78 is 5.02. The number of esters is 1. The number of ether oxygens (including phenoxy) is 1. The number of hydrogen-bond acceptors (Lipinski definition) is 7. The van der Waals surface area contributed by atoms with E-state index < -0.39 is 5.97 Å². The Bertz CT molecular complexity index is 857. The number of anilines is 1. The largest absolute Gasteiger partial charge is 0.465 e. The normalized spacial score (nSPS) is 10.5. The van der Waals surface area contributed by atoms with E-state index in [0.29, 0.717) is 33.9 Å². The number of methoxy groups -OCH3 is 1. The molecule has 0 unspecified atom stereocenters. The van der Waals surface area contributed by atoms with Crippen molar-refractivity contribution in [1.29, 1.82) is 0 Å². The second kappa shape index (κ2) is 10.1. The van der Waals surface area contributed by atoms with Crippen molar-refractivity contribution in [2.75, 3.05) is 18.7 Å². The lowest BCUT2D eigenvalue weighted by molar-refractivity contribution is 0.0596. The number of aromatic nitrogens is 2. The molecule has 1 N–H and O–H groups in total. The lowest BCUT2D eigenvalue weighted by Crippen LogP contribution is -2.13. The maximum atomic E-state index is 12.5. The zero-order valence-corrected chi connectivity index (χ0v) is 17.3. The fraction of sp³-hybridized carbons (Fsp3) is 0.190. The molecule has 28 heavy (non-hydrogen) atoms. The van der Waals surface area contributed by atoms with Gasteiger partial charge in [0.25, 0.3) is 0 Å². The van der Waals surface area contributed by atoms with Crippen LogP contribution in [-0.4, -0.2) is 29.3 Å². The third-order valence-electron chi connectivity index (χ3n) is 3.95. The molecular weight excluding hydrogens is 390 g/mol. The number of rotatable bonds is 8. The van der Waals surface area contributed by atoms with E-state index in [1.165, 1.54) is 30.6 Å². The molecule has 0 bridgehead atoms. The topological polar surface area (TPSA) is 64.1 Å². The molecule has 0 saturated heterocycles. The second-order valence-corrected chi connectivity index (χ2v) is 7.58. The van der Waals surface area contributed by atoms with E-state index in [2.05, 4.69) is 27.4 Å². The van der Waals surface area contributed by atoms with Crippen LogP contribution in [0.3, 0.4) is 0 Å². The molecule has 1 aromatic heterocycles. The first-order valence-electron chi connectivity index (χ1n) is 8.70. The Morgan fingerprint density at radius 3 is 2.25 bits per heavy atom. The SMILES string of the molecule is COC(=O)c1c(NCc2ccccc2)nc(SC)nc1SCc1ccccc1. The van der Waals surface area contributed by atoms with Gasteiger partial charge >= 0.3 is 5.97 Å². The second-order valence-electron chi connectivity index (χ2n) is 5.84. The number of carbonyl (C=O) groups is 1. The minimum Gasteiger partial charge on any atom is -0.465 e. The first-order valence-corrected chi connectivity index (χ1v) is 10.9. The van der Waals surface area contributed by atoms with Crippen LogP contribution in [0, 0.1) is 0 Å². The van der Waals surface area contributed by atoms with Crippen molar-refractivity contribution in [2.24, 2.45) is 0 Å². The van der Waals surface area contributed by atoms with Gasteiger partial charge in [-0.2, -0.15) is 0 Å². The van der Waals surface area contributed by atoms with Crippen molar-refractivity contribution in [3.05, 3.63) is 77.4 Å². The van der Waals surface area contributed by atoms with Crippen molar-refractivity contribution >= 4 is 35.3 Å². The number of nitrogens with zero attached hydrogens (tertiary/aromatic N) is 2. The summed E-state index contributed by atoms with van der Waals surface area (Å²) in [6.07, 6.45) is 1.92. The monoisotopic (exact) mass is 411 g/mol. The van der Waals surface area contributed by atoms with Crippen molar-refractivity contribution in [3.8, 4) is 0 Å². The van der Waals surface area contributed by atoms with Crippen LogP contribution in [0.5, 0.6) is 0 Å². The molecule has 0 aliphatic heterocycles. The van der Waals surface area contributed by atoms with Crippen LogP contribution >= 0.6 is 23.5 Å². The molecule has 0 atom stereocenters. The van der Waals surface area contributed by atoms with Crippen LogP contribution in [0.15, 0.2) is 70.8 Å². The Balaban J connectivity index is 1.91. The maximum absolute atomic E-state index is 12.5. The van der Waals surface area contributed by atoms with Crippen molar-refractivity contribution in [3.63, 3.8) is 0 Å². The van der Waals surface area contributed by atoms with Crippen LogP contribution in [0.2, 0.25) is 0 Å². The van der Waals surface area contributed by atoms with Gasteiger partial charge in [-0.05, 0) is 17.4 Å². The van der Waals surface area contributed by atoms with Gasteiger partial charge in [0.05, 0.1) is 7.11 Å². The molecule has 0 spiro atoms. The van der Waals surface area contributed by atoms with E-state index >= 15 is 0 Å². The average Bonchev–Trinajstić information content (AvgIpc) is 2.76. The summed E-state index contributed by atoms with van der Waals surface area (Å²) in [6.45, 7) is 0.554. The zero-order valence-electron chi connectivity index (χ0n) is 15.7. The fourth-order valence-electron chi connectivity index (χ4n) is 2.54. The van der Waals surface area contributed by atoms with E-state index in [0.717, 1.165) is 11.1 Å². The molecule has 0 amide bonds. The van der Waals surface area contributed by atoms with Gasteiger partial charge < -0.3 is 10.1 Å². The van der Waals surface area contributed by atoms with Crippen LogP contribution in [0.1, 0.15) is 21.5 Å². The van der Waals surface area contributed by atoms with E-state index in [4.69, 9.17) is 4.74 Å². The molecule has 3 aromatic rings. The van der Waals surface area contributed by atoms with Gasteiger partial charge in [-0.3, -0.25) is 0 Å². The third-order valence-corrected chi connectivity index (χ3v) is 5.54. The van der Waals surface area contributed by atoms with Gasteiger partial charge in [-0.1, -0.05) is 72.4 Å². The highest BCUT2D eigenvalue weighted by Gasteiger charge is 2.22. The van der Waals surface area contributed by atoms with Gasteiger partial charge in [0.2, 0.25) is 0 Å². The smallest absolute Gasteiger partial charge is 0.344 e. The maximum Gasteiger partial charge on any atom is 0.344 e. The molecule has 0 aliphatic carbocycles. The zero-order chi connectivity index (χ0) is 19.8. The molecule has 3 rings (SSSR count). The number of carbonyl (C=O) groups excluding carboxylic acids is 1. The summed E-state index contributed by atoms with van der Waals surface area (Å²) in [6, 6.07) is 20.0. The average molecular weight is 412 g/mol. The van der Waals surface area contributed by atoms with Gasteiger partial charge in [0, 0.05) is 12.3 Å². The first-order chi connectivity index (χ1) is 13.7. The minimum absolute atomic E-state index is 0.372. The molecule has 0 saturated carbocycles. The molecule has 2 aromatic carbocycles. The van der Waals surface area contributed by atoms with E-state index in [-0.39, 0.29) is 0 Å². The Morgan fingerprint density at radius 2 is 1.64 bits per heavy atom. The Labute approximate surface area is 173 Å². The summed E-state index contributed by atoms with van der Waals surface area (Å²) >= 11 is 2.94. The molecule has 144 valence electrons. The van der Waals surface area contributed by atoms with Crippen LogP contribution in [0.25, 0.3) is 0 Å². The molecule has 0 fully saturated rings. The summed E-state index contributed by atoms with van der Waals surface area (Å²) in [7, 11) is 1.37.